The molecule has 1 unspecified atom stereocenters. The first kappa shape index (κ1) is 22.1. The van der Waals surface area contributed by atoms with Crippen LogP contribution in [-0.2, 0) is 23.4 Å². The minimum Gasteiger partial charge on any atom is -0.341 e. The van der Waals surface area contributed by atoms with E-state index in [0.29, 0.717) is 36.4 Å². The standard InChI is InChI=1S/C25H28N6O3/c1-3-30-15-19(21(33)18-14-26-24(27-22(18)30)31-12-6-7-13-31)23(34)29-25(28-16(2)32)11-10-17-8-4-5-9-20(17)25/h4-5,8-9,14-15H,3,6-7,10-13H2,1-2H3,(H,28,32)(H,29,34). The summed E-state index contributed by atoms with van der Waals surface area (Å²) < 4.78 is 1.81. The number of hydrogen-bond acceptors (Lipinski definition) is 6. The van der Waals surface area contributed by atoms with Gasteiger partial charge in [-0.3, -0.25) is 14.4 Å². The molecule has 2 aliphatic rings. The van der Waals surface area contributed by atoms with E-state index in [1.54, 1.807) is 10.8 Å². The van der Waals surface area contributed by atoms with Gasteiger partial charge in [0.05, 0.1) is 5.39 Å². The number of hydrogen-bond donors (Lipinski definition) is 2. The van der Waals surface area contributed by atoms with Gasteiger partial charge in [0.2, 0.25) is 17.3 Å². The van der Waals surface area contributed by atoms with Gasteiger partial charge in [-0.15, -0.1) is 0 Å². The van der Waals surface area contributed by atoms with Gasteiger partial charge in [-0.25, -0.2) is 4.98 Å². The Hall–Kier alpha value is -3.75. The first-order valence-electron chi connectivity index (χ1n) is 11.8. The summed E-state index contributed by atoms with van der Waals surface area (Å²) in [4.78, 5) is 50.1. The van der Waals surface area contributed by atoms with Gasteiger partial charge < -0.3 is 20.1 Å². The van der Waals surface area contributed by atoms with E-state index in [9.17, 15) is 14.4 Å². The molecule has 1 aromatic carbocycles. The maximum Gasteiger partial charge on any atom is 0.258 e. The number of aryl methyl sites for hydroxylation is 2. The number of amides is 2. The van der Waals surface area contributed by atoms with Gasteiger partial charge in [-0.2, -0.15) is 4.98 Å². The third kappa shape index (κ3) is 3.70. The minimum atomic E-state index is -1.06. The lowest BCUT2D eigenvalue weighted by Gasteiger charge is -2.32. The van der Waals surface area contributed by atoms with Crippen molar-refractivity contribution in [3.63, 3.8) is 0 Å². The van der Waals surface area contributed by atoms with Crippen LogP contribution in [0, 0.1) is 0 Å². The predicted octanol–water partition coefficient (Wildman–Crippen LogP) is 2.08. The lowest BCUT2D eigenvalue weighted by atomic mass is 10.0. The Labute approximate surface area is 197 Å². The van der Waals surface area contributed by atoms with Crippen molar-refractivity contribution in [1.29, 1.82) is 0 Å². The topological polar surface area (TPSA) is 109 Å². The van der Waals surface area contributed by atoms with E-state index >= 15 is 0 Å². The van der Waals surface area contributed by atoms with Crippen molar-refractivity contribution in [3.8, 4) is 0 Å². The first-order valence-corrected chi connectivity index (χ1v) is 11.8. The highest BCUT2D eigenvalue weighted by atomic mass is 16.2. The average molecular weight is 461 g/mol. The summed E-state index contributed by atoms with van der Waals surface area (Å²) >= 11 is 0. The van der Waals surface area contributed by atoms with Crippen molar-refractivity contribution in [2.24, 2.45) is 0 Å². The molecule has 176 valence electrons. The third-order valence-electron chi connectivity index (χ3n) is 6.74. The number of carbonyl (C=O) groups is 2. The van der Waals surface area contributed by atoms with Gasteiger partial charge in [-0.05, 0) is 38.2 Å². The maximum absolute atomic E-state index is 13.5. The summed E-state index contributed by atoms with van der Waals surface area (Å²) in [7, 11) is 0. The van der Waals surface area contributed by atoms with Crippen molar-refractivity contribution < 1.29 is 9.59 Å². The molecular weight excluding hydrogens is 432 g/mol. The molecule has 2 amide bonds. The fraction of sp³-hybridized carbons (Fsp3) is 0.400. The molecule has 1 fully saturated rings. The molecule has 3 heterocycles. The van der Waals surface area contributed by atoms with Crippen molar-refractivity contribution in [2.75, 3.05) is 18.0 Å². The Morgan fingerprint density at radius 2 is 1.91 bits per heavy atom. The number of carbonyl (C=O) groups excluding carboxylic acids is 2. The second kappa shape index (κ2) is 8.55. The number of anilines is 1. The van der Waals surface area contributed by atoms with Crippen molar-refractivity contribution in [3.05, 3.63) is 63.6 Å². The normalized spacial score (nSPS) is 19.3. The Balaban J connectivity index is 1.55. The molecule has 9 heteroatoms. The summed E-state index contributed by atoms with van der Waals surface area (Å²) in [6.45, 7) is 5.69. The highest BCUT2D eigenvalue weighted by molar-refractivity contribution is 5.97. The second-order valence-electron chi connectivity index (χ2n) is 8.96. The molecule has 2 N–H and O–H groups in total. The van der Waals surface area contributed by atoms with Crippen molar-refractivity contribution in [1.82, 2.24) is 25.2 Å². The number of fused-ring (bicyclic) bond motifs is 2. The fourth-order valence-electron chi connectivity index (χ4n) is 5.10. The number of nitrogens with zero attached hydrogens (tertiary/aromatic N) is 4. The van der Waals surface area contributed by atoms with Gasteiger partial charge >= 0.3 is 0 Å². The van der Waals surface area contributed by atoms with E-state index < -0.39 is 17.0 Å². The molecule has 1 atom stereocenters. The Kier molecular flexibility index (Phi) is 5.55. The number of rotatable bonds is 5. The quantitative estimate of drug-likeness (QED) is 0.565. The van der Waals surface area contributed by atoms with Gasteiger partial charge in [0.1, 0.15) is 16.9 Å². The number of benzene rings is 1. The summed E-state index contributed by atoms with van der Waals surface area (Å²) in [6.07, 6.45) is 6.50. The Bertz CT molecular complexity index is 1340. The molecule has 0 radical (unpaired) electrons. The van der Waals surface area contributed by atoms with Crippen molar-refractivity contribution in [2.45, 2.75) is 51.7 Å². The lowest BCUT2D eigenvalue weighted by Crippen LogP contribution is -2.56. The van der Waals surface area contributed by atoms with Gasteiger partial charge in [-0.1, -0.05) is 24.3 Å². The zero-order valence-electron chi connectivity index (χ0n) is 19.4. The van der Waals surface area contributed by atoms with Crippen molar-refractivity contribution >= 4 is 28.8 Å². The summed E-state index contributed by atoms with van der Waals surface area (Å²) in [5.41, 5.74) is 0.936. The van der Waals surface area contributed by atoms with Crippen LogP contribution in [0.4, 0.5) is 5.95 Å². The SMILES string of the molecule is CCn1cc(C(=O)NC2(NC(C)=O)CCc3ccccc32)c(=O)c2cnc(N3CCCC3)nc21. The molecule has 34 heavy (non-hydrogen) atoms. The van der Waals surface area contributed by atoms with Crippen LogP contribution in [0.15, 0.2) is 41.5 Å². The van der Waals surface area contributed by atoms with E-state index in [2.05, 4.69) is 25.5 Å². The number of nitrogens with one attached hydrogen (secondary N) is 2. The molecule has 9 nitrogen and oxygen atoms in total. The molecule has 2 aromatic heterocycles. The van der Waals surface area contributed by atoms with E-state index in [4.69, 9.17) is 0 Å². The molecular formula is C25H28N6O3. The van der Waals surface area contributed by atoms with E-state index in [1.807, 2.05) is 31.2 Å². The maximum atomic E-state index is 13.5. The minimum absolute atomic E-state index is 0.000908. The Morgan fingerprint density at radius 1 is 1.15 bits per heavy atom. The second-order valence-corrected chi connectivity index (χ2v) is 8.96. The molecule has 0 bridgehead atoms. The molecule has 0 saturated carbocycles. The van der Waals surface area contributed by atoms with E-state index in [-0.39, 0.29) is 11.5 Å². The van der Waals surface area contributed by atoms with E-state index in [0.717, 1.165) is 37.1 Å². The summed E-state index contributed by atoms with van der Waals surface area (Å²) in [6, 6.07) is 7.70. The van der Waals surface area contributed by atoms with Crippen LogP contribution in [0.5, 0.6) is 0 Å². The smallest absolute Gasteiger partial charge is 0.258 e. The van der Waals surface area contributed by atoms with Crippen LogP contribution in [0.25, 0.3) is 11.0 Å². The Morgan fingerprint density at radius 3 is 2.65 bits per heavy atom. The van der Waals surface area contributed by atoms with Gasteiger partial charge in [0.25, 0.3) is 5.91 Å². The largest absolute Gasteiger partial charge is 0.341 e. The molecule has 1 aliphatic carbocycles. The van der Waals surface area contributed by atoms with Gasteiger partial charge in [0, 0.05) is 44.5 Å². The lowest BCUT2D eigenvalue weighted by molar-refractivity contribution is -0.121. The number of pyridine rings is 1. The fourth-order valence-corrected chi connectivity index (χ4v) is 5.10. The third-order valence-corrected chi connectivity index (χ3v) is 6.74. The molecule has 1 aliphatic heterocycles. The van der Waals surface area contributed by atoms with E-state index in [1.165, 1.54) is 13.1 Å². The zero-order chi connectivity index (χ0) is 23.9. The molecule has 5 rings (SSSR count). The highest BCUT2D eigenvalue weighted by Crippen LogP contribution is 2.35. The van der Waals surface area contributed by atoms with Crippen LogP contribution in [0.1, 0.15) is 54.6 Å². The summed E-state index contributed by atoms with van der Waals surface area (Å²) in [5, 5.41) is 6.21. The first-order chi connectivity index (χ1) is 16.4. The molecule has 0 spiro atoms. The average Bonchev–Trinajstić information content (AvgIpc) is 3.48. The van der Waals surface area contributed by atoms with Crippen LogP contribution < -0.4 is 21.0 Å². The van der Waals surface area contributed by atoms with Crippen LogP contribution in [0.3, 0.4) is 0 Å². The number of aromatic nitrogens is 3. The van der Waals surface area contributed by atoms with Gasteiger partial charge in [0.15, 0.2) is 0 Å². The molecule has 3 aromatic rings. The zero-order valence-corrected chi connectivity index (χ0v) is 19.4. The summed E-state index contributed by atoms with van der Waals surface area (Å²) in [5.74, 6) is -0.191. The highest BCUT2D eigenvalue weighted by Gasteiger charge is 2.41. The predicted molar refractivity (Wildman–Crippen MR) is 129 cm³/mol. The monoisotopic (exact) mass is 460 g/mol. The molecule has 1 saturated heterocycles. The van der Waals surface area contributed by atoms with Crippen LogP contribution in [-0.4, -0.2) is 39.4 Å². The van der Waals surface area contributed by atoms with Crippen LogP contribution >= 0.6 is 0 Å². The van der Waals surface area contributed by atoms with Crippen LogP contribution in [0.2, 0.25) is 0 Å².